The molecule has 1 amide bonds. The summed E-state index contributed by atoms with van der Waals surface area (Å²) >= 11 is 0. The molecule has 2 N–H and O–H groups in total. The lowest BCUT2D eigenvalue weighted by Crippen LogP contribution is -2.27. The monoisotopic (exact) mass is 311 g/mol. The zero-order valence-electron chi connectivity index (χ0n) is 12.2. The number of pyridine rings is 1. The number of nitrogens with one attached hydrogen (secondary N) is 2. The summed E-state index contributed by atoms with van der Waals surface area (Å²) in [6.45, 7) is 3.75. The van der Waals surface area contributed by atoms with Crippen LogP contribution >= 0.6 is 0 Å². The molecule has 0 saturated heterocycles. The van der Waals surface area contributed by atoms with E-state index in [9.17, 15) is 18.0 Å². The SMILES string of the molecule is CCc1cnccc1C(C)NC(=O)c1c[nH]c(C(F)(F)F)c1. The molecule has 2 heterocycles. The number of carbonyl (C=O) groups is 1. The first kappa shape index (κ1) is 16.1. The lowest BCUT2D eigenvalue weighted by Gasteiger charge is -2.16. The molecule has 0 aliphatic rings. The maximum absolute atomic E-state index is 12.5. The molecule has 0 spiro atoms. The Morgan fingerprint density at radius 2 is 2.18 bits per heavy atom. The van der Waals surface area contributed by atoms with Gasteiger partial charge in [0.1, 0.15) is 5.69 Å². The molecular weight excluding hydrogens is 295 g/mol. The number of aryl methyl sites for hydroxylation is 1. The molecule has 0 fully saturated rings. The zero-order valence-corrected chi connectivity index (χ0v) is 12.2. The van der Waals surface area contributed by atoms with E-state index in [1.54, 1.807) is 25.4 Å². The molecule has 2 aromatic rings. The number of nitrogens with zero attached hydrogens (tertiary/aromatic N) is 1. The fourth-order valence-corrected chi connectivity index (χ4v) is 2.20. The van der Waals surface area contributed by atoms with Gasteiger partial charge in [-0.05, 0) is 36.6 Å². The van der Waals surface area contributed by atoms with Gasteiger partial charge in [0.15, 0.2) is 0 Å². The third-order valence-corrected chi connectivity index (χ3v) is 3.39. The number of alkyl halides is 3. The van der Waals surface area contributed by atoms with Gasteiger partial charge in [-0.25, -0.2) is 0 Å². The third kappa shape index (κ3) is 3.47. The summed E-state index contributed by atoms with van der Waals surface area (Å²) in [6, 6.07) is 2.27. The Bertz CT molecular complexity index is 664. The summed E-state index contributed by atoms with van der Waals surface area (Å²) in [6.07, 6.45) is 0.653. The highest BCUT2D eigenvalue weighted by Gasteiger charge is 2.33. The van der Waals surface area contributed by atoms with Crippen LogP contribution in [0.3, 0.4) is 0 Å². The molecule has 0 saturated carbocycles. The molecular formula is C15H16F3N3O. The van der Waals surface area contributed by atoms with Gasteiger partial charge in [0.05, 0.1) is 11.6 Å². The van der Waals surface area contributed by atoms with Gasteiger partial charge < -0.3 is 10.3 Å². The molecule has 118 valence electrons. The number of aromatic nitrogens is 2. The normalized spacial score (nSPS) is 13.0. The second kappa shape index (κ2) is 6.21. The molecule has 2 aromatic heterocycles. The van der Waals surface area contributed by atoms with Crippen LogP contribution in [-0.2, 0) is 12.6 Å². The van der Waals surface area contributed by atoms with Crippen molar-refractivity contribution in [1.29, 1.82) is 0 Å². The van der Waals surface area contributed by atoms with Gasteiger partial charge in [0.25, 0.3) is 5.91 Å². The Morgan fingerprint density at radius 1 is 1.45 bits per heavy atom. The van der Waals surface area contributed by atoms with Crippen molar-refractivity contribution in [3.63, 3.8) is 0 Å². The van der Waals surface area contributed by atoms with Crippen molar-refractivity contribution in [3.8, 4) is 0 Å². The molecule has 0 aromatic carbocycles. The molecule has 4 nitrogen and oxygen atoms in total. The van der Waals surface area contributed by atoms with Gasteiger partial charge in [-0.15, -0.1) is 0 Å². The standard InChI is InChI=1S/C15H16F3N3O/c1-3-10-7-19-5-4-12(10)9(2)21-14(22)11-6-13(20-8-11)15(16,17)18/h4-9,20H,3H2,1-2H3,(H,21,22). The van der Waals surface area contributed by atoms with Crippen LogP contribution in [0.1, 0.15) is 47.1 Å². The van der Waals surface area contributed by atoms with Crippen molar-refractivity contribution in [2.24, 2.45) is 0 Å². The van der Waals surface area contributed by atoms with Crippen LogP contribution in [0.2, 0.25) is 0 Å². The molecule has 0 radical (unpaired) electrons. The average Bonchev–Trinajstić information content (AvgIpc) is 2.97. The average molecular weight is 311 g/mol. The van der Waals surface area contributed by atoms with Crippen LogP contribution in [0.4, 0.5) is 13.2 Å². The number of H-pyrrole nitrogens is 1. The topological polar surface area (TPSA) is 57.8 Å². The molecule has 1 atom stereocenters. The van der Waals surface area contributed by atoms with Gasteiger partial charge in [-0.3, -0.25) is 9.78 Å². The number of halogens is 3. The van der Waals surface area contributed by atoms with Crippen molar-refractivity contribution in [3.05, 3.63) is 53.1 Å². The highest BCUT2D eigenvalue weighted by molar-refractivity contribution is 5.94. The molecule has 0 bridgehead atoms. The Hall–Kier alpha value is -2.31. The smallest absolute Gasteiger partial charge is 0.357 e. The van der Waals surface area contributed by atoms with Crippen molar-refractivity contribution < 1.29 is 18.0 Å². The molecule has 22 heavy (non-hydrogen) atoms. The van der Waals surface area contributed by atoms with E-state index in [2.05, 4.69) is 15.3 Å². The van der Waals surface area contributed by atoms with Crippen LogP contribution in [0.25, 0.3) is 0 Å². The third-order valence-electron chi connectivity index (χ3n) is 3.39. The minimum Gasteiger partial charge on any atom is -0.357 e. The predicted molar refractivity (Wildman–Crippen MR) is 75.3 cm³/mol. The second-order valence-corrected chi connectivity index (χ2v) is 4.92. The van der Waals surface area contributed by atoms with Gasteiger partial charge in [0, 0.05) is 18.6 Å². The fourth-order valence-electron chi connectivity index (χ4n) is 2.20. The van der Waals surface area contributed by atoms with Crippen LogP contribution in [0.5, 0.6) is 0 Å². The summed E-state index contributed by atoms with van der Waals surface area (Å²) in [7, 11) is 0. The highest BCUT2D eigenvalue weighted by Crippen LogP contribution is 2.28. The summed E-state index contributed by atoms with van der Waals surface area (Å²) in [5.74, 6) is -0.557. The Balaban J connectivity index is 2.13. The van der Waals surface area contributed by atoms with Crippen LogP contribution in [0, 0.1) is 0 Å². The Morgan fingerprint density at radius 3 is 2.77 bits per heavy atom. The number of hydrogen-bond donors (Lipinski definition) is 2. The number of aromatic amines is 1. The maximum Gasteiger partial charge on any atom is 0.431 e. The van der Waals surface area contributed by atoms with E-state index < -0.39 is 17.8 Å². The van der Waals surface area contributed by atoms with E-state index in [0.717, 1.165) is 29.8 Å². The number of hydrogen-bond acceptors (Lipinski definition) is 2. The molecule has 0 aliphatic carbocycles. The van der Waals surface area contributed by atoms with Gasteiger partial charge >= 0.3 is 6.18 Å². The number of rotatable bonds is 4. The van der Waals surface area contributed by atoms with E-state index >= 15 is 0 Å². The number of carbonyl (C=O) groups excluding carboxylic acids is 1. The van der Waals surface area contributed by atoms with Gasteiger partial charge in [-0.1, -0.05) is 6.92 Å². The predicted octanol–water partition coefficient (Wildman–Crippen LogP) is 3.48. The van der Waals surface area contributed by atoms with E-state index in [1.165, 1.54) is 0 Å². The largest absolute Gasteiger partial charge is 0.431 e. The minimum atomic E-state index is -4.50. The summed E-state index contributed by atoms with van der Waals surface area (Å²) in [5, 5.41) is 2.70. The van der Waals surface area contributed by atoms with Crippen LogP contribution < -0.4 is 5.32 Å². The lowest BCUT2D eigenvalue weighted by molar-refractivity contribution is -0.140. The van der Waals surface area contributed by atoms with Crippen molar-refractivity contribution in [2.75, 3.05) is 0 Å². The first-order chi connectivity index (χ1) is 10.3. The van der Waals surface area contributed by atoms with E-state index in [-0.39, 0.29) is 11.6 Å². The molecule has 7 heteroatoms. The zero-order chi connectivity index (χ0) is 16.3. The van der Waals surface area contributed by atoms with Gasteiger partial charge in [0.2, 0.25) is 0 Å². The van der Waals surface area contributed by atoms with E-state index in [4.69, 9.17) is 0 Å². The first-order valence-corrected chi connectivity index (χ1v) is 6.82. The van der Waals surface area contributed by atoms with E-state index in [1.807, 2.05) is 6.92 Å². The Kier molecular flexibility index (Phi) is 4.54. The maximum atomic E-state index is 12.5. The van der Waals surface area contributed by atoms with Crippen molar-refractivity contribution in [1.82, 2.24) is 15.3 Å². The van der Waals surface area contributed by atoms with Crippen LogP contribution in [0.15, 0.2) is 30.7 Å². The quantitative estimate of drug-likeness (QED) is 0.908. The van der Waals surface area contributed by atoms with Gasteiger partial charge in [-0.2, -0.15) is 13.2 Å². The van der Waals surface area contributed by atoms with E-state index in [0.29, 0.717) is 0 Å². The van der Waals surface area contributed by atoms with Crippen LogP contribution in [-0.4, -0.2) is 15.9 Å². The molecule has 0 aliphatic heterocycles. The van der Waals surface area contributed by atoms with Crippen molar-refractivity contribution >= 4 is 5.91 Å². The molecule has 1 unspecified atom stereocenters. The summed E-state index contributed by atoms with van der Waals surface area (Å²) in [5.41, 5.74) is 0.896. The second-order valence-electron chi connectivity index (χ2n) is 4.92. The molecule has 2 rings (SSSR count). The summed E-state index contributed by atoms with van der Waals surface area (Å²) < 4.78 is 37.6. The summed E-state index contributed by atoms with van der Waals surface area (Å²) in [4.78, 5) is 18.1. The lowest BCUT2D eigenvalue weighted by atomic mass is 10.0. The van der Waals surface area contributed by atoms with Crippen molar-refractivity contribution in [2.45, 2.75) is 32.5 Å². The highest BCUT2D eigenvalue weighted by atomic mass is 19.4. The number of amides is 1. The Labute approximate surface area is 125 Å². The first-order valence-electron chi connectivity index (χ1n) is 6.82. The minimum absolute atomic E-state index is 0.0497. The fraction of sp³-hybridized carbons (Fsp3) is 0.333.